The van der Waals surface area contributed by atoms with Crippen LogP contribution in [0.2, 0.25) is 0 Å². The van der Waals surface area contributed by atoms with Gasteiger partial charge >= 0.3 is 0 Å². The van der Waals surface area contributed by atoms with Crippen molar-refractivity contribution in [3.8, 4) is 57.4 Å². The van der Waals surface area contributed by atoms with Gasteiger partial charge in [0.2, 0.25) is 11.9 Å². The lowest BCUT2D eigenvalue weighted by Crippen LogP contribution is -2.10. The highest BCUT2D eigenvalue weighted by Crippen LogP contribution is 2.45. The van der Waals surface area contributed by atoms with E-state index in [9.17, 15) is 0 Å². The number of para-hydroxylation sites is 4. The van der Waals surface area contributed by atoms with Crippen LogP contribution in [0, 0.1) is 0 Å². The van der Waals surface area contributed by atoms with Crippen LogP contribution in [0.3, 0.4) is 0 Å². The molecule has 11 aromatic carbocycles. The van der Waals surface area contributed by atoms with Gasteiger partial charge in [0.05, 0.1) is 22.1 Å². The van der Waals surface area contributed by atoms with Gasteiger partial charge in [0.15, 0.2) is 23.3 Å². The first-order valence-corrected chi connectivity index (χ1v) is 27.3. The topological polar surface area (TPSA) is 93.7 Å². The molecular formula is C72H48N10. The molecular weight excluding hydrogens is 1000 g/mol. The van der Waals surface area contributed by atoms with Crippen LogP contribution in [-0.4, -0.2) is 39.0 Å². The van der Waals surface area contributed by atoms with Gasteiger partial charge < -0.3 is 9.80 Å². The van der Waals surface area contributed by atoms with Crippen LogP contribution in [0.5, 0.6) is 0 Å². The van der Waals surface area contributed by atoms with E-state index in [2.05, 4.69) is 189 Å². The van der Waals surface area contributed by atoms with Crippen LogP contribution in [0.15, 0.2) is 291 Å². The molecule has 82 heavy (non-hydrogen) atoms. The van der Waals surface area contributed by atoms with E-state index in [1.54, 1.807) is 0 Å². The third kappa shape index (κ3) is 8.64. The molecule has 0 spiro atoms. The van der Waals surface area contributed by atoms with Gasteiger partial charge in [-0.2, -0.15) is 19.9 Å². The zero-order chi connectivity index (χ0) is 54.3. The minimum Gasteiger partial charge on any atom is -0.310 e. The molecule has 386 valence electrons. The molecule has 0 amide bonds. The maximum Gasteiger partial charge on any atom is 0.238 e. The lowest BCUT2D eigenvalue weighted by molar-refractivity contribution is 0.951. The Morgan fingerprint density at radius 2 is 0.488 bits per heavy atom. The average molecular weight is 1050 g/mol. The standard InChI is InChI=1S/C72H48N10/c1-9-25-49(26-10-1)67-73-68(50-27-11-2-12-28-50)76-71(75-67)81-63-44-42-57(79(53-33-17-5-18-34-53)54-35-19-6-20-36-54)45-60(63)62-48-65-61(47-66(62)81)59-43-41-58(80(55-37-21-7-22-38-55)56-39-23-8-24-40-56)46-64(59)82(65)72-77-69(51-29-13-3-14-30-51)74-70(78-72)52-31-15-4-16-32-52/h1-48H. The summed E-state index contributed by atoms with van der Waals surface area (Å²) in [5.74, 6) is 3.24. The Bertz CT molecular complexity index is 4580. The molecule has 0 bridgehead atoms. The van der Waals surface area contributed by atoms with Gasteiger partial charge in [-0.1, -0.05) is 200 Å². The summed E-state index contributed by atoms with van der Waals surface area (Å²) >= 11 is 0. The second kappa shape index (κ2) is 20.5. The second-order valence-corrected chi connectivity index (χ2v) is 20.0. The maximum absolute atomic E-state index is 5.43. The van der Waals surface area contributed by atoms with Crippen molar-refractivity contribution in [2.75, 3.05) is 9.80 Å². The molecule has 4 heterocycles. The molecule has 0 fully saturated rings. The highest BCUT2D eigenvalue weighted by Gasteiger charge is 2.26. The summed E-state index contributed by atoms with van der Waals surface area (Å²) in [5, 5.41) is 3.97. The molecule has 0 saturated heterocycles. The van der Waals surface area contributed by atoms with E-state index in [1.807, 2.05) is 121 Å². The molecule has 0 aliphatic heterocycles. The van der Waals surface area contributed by atoms with Gasteiger partial charge in [-0.25, -0.2) is 9.97 Å². The molecule has 0 N–H and O–H groups in total. The Labute approximate surface area is 472 Å². The third-order valence-corrected chi connectivity index (χ3v) is 15.0. The van der Waals surface area contributed by atoms with Gasteiger partial charge in [0, 0.05) is 77.9 Å². The molecule has 0 radical (unpaired) electrons. The first-order chi connectivity index (χ1) is 40.7. The van der Waals surface area contributed by atoms with E-state index in [0.717, 1.165) is 100.0 Å². The van der Waals surface area contributed by atoms with Gasteiger partial charge in [-0.15, -0.1) is 0 Å². The minimum atomic E-state index is 0.483. The van der Waals surface area contributed by atoms with E-state index < -0.39 is 0 Å². The third-order valence-electron chi connectivity index (χ3n) is 15.0. The van der Waals surface area contributed by atoms with Crippen LogP contribution in [0.25, 0.3) is 101 Å². The maximum atomic E-state index is 5.43. The lowest BCUT2D eigenvalue weighted by Gasteiger charge is -2.25. The van der Waals surface area contributed by atoms with Crippen LogP contribution >= 0.6 is 0 Å². The Morgan fingerprint density at radius 1 is 0.207 bits per heavy atom. The molecule has 0 unspecified atom stereocenters. The van der Waals surface area contributed by atoms with Crippen LogP contribution < -0.4 is 9.80 Å². The fourth-order valence-corrected chi connectivity index (χ4v) is 11.2. The SMILES string of the molecule is c1ccc(-c2nc(-c3ccccc3)nc(-n3c4ccc(N(c5ccccc5)c5ccccc5)cc4c4cc5c(cc43)c3ccc(N(c4ccccc4)c4ccccc4)cc3n5-c3nc(-c4ccccc4)nc(-c4ccccc4)n3)n2)cc1. The van der Waals surface area contributed by atoms with E-state index in [1.165, 1.54) is 0 Å². The Kier molecular flexibility index (Phi) is 11.9. The second-order valence-electron chi connectivity index (χ2n) is 20.0. The van der Waals surface area contributed by atoms with Crippen molar-refractivity contribution in [1.29, 1.82) is 0 Å². The number of rotatable bonds is 12. The zero-order valence-electron chi connectivity index (χ0n) is 44.2. The predicted octanol–water partition coefficient (Wildman–Crippen LogP) is 17.9. The van der Waals surface area contributed by atoms with Crippen molar-refractivity contribution in [3.05, 3.63) is 291 Å². The fourth-order valence-electron chi connectivity index (χ4n) is 11.2. The molecule has 0 aliphatic rings. The molecule has 10 nitrogen and oxygen atoms in total. The van der Waals surface area contributed by atoms with Crippen molar-refractivity contribution in [1.82, 2.24) is 39.0 Å². The van der Waals surface area contributed by atoms with Crippen molar-refractivity contribution < 1.29 is 0 Å². The van der Waals surface area contributed by atoms with Crippen LogP contribution in [0.4, 0.5) is 34.1 Å². The van der Waals surface area contributed by atoms with E-state index >= 15 is 0 Å². The van der Waals surface area contributed by atoms with Crippen molar-refractivity contribution in [3.63, 3.8) is 0 Å². The van der Waals surface area contributed by atoms with Gasteiger partial charge in [-0.05, 0) is 91.0 Å². The average Bonchev–Trinajstić information content (AvgIpc) is 4.26. The summed E-state index contributed by atoms with van der Waals surface area (Å²) in [5.41, 5.74) is 13.3. The monoisotopic (exact) mass is 1050 g/mol. The summed E-state index contributed by atoms with van der Waals surface area (Å²) in [6.07, 6.45) is 0. The molecule has 0 aliphatic carbocycles. The van der Waals surface area contributed by atoms with E-state index in [4.69, 9.17) is 29.9 Å². The highest BCUT2D eigenvalue weighted by molar-refractivity contribution is 6.19. The normalized spacial score (nSPS) is 11.4. The fraction of sp³-hybridized carbons (Fsp3) is 0. The number of fused-ring (bicyclic) bond motifs is 6. The Morgan fingerprint density at radius 3 is 0.854 bits per heavy atom. The quantitative estimate of drug-likeness (QED) is 0.119. The first-order valence-electron chi connectivity index (χ1n) is 27.3. The summed E-state index contributed by atoms with van der Waals surface area (Å²) < 4.78 is 4.43. The minimum absolute atomic E-state index is 0.483. The molecule has 15 rings (SSSR count). The number of anilines is 6. The van der Waals surface area contributed by atoms with Crippen molar-refractivity contribution in [2.45, 2.75) is 0 Å². The molecule has 0 atom stereocenters. The smallest absolute Gasteiger partial charge is 0.238 e. The predicted molar refractivity (Wildman–Crippen MR) is 333 cm³/mol. The Hall–Kier alpha value is -11.4. The van der Waals surface area contributed by atoms with Gasteiger partial charge in [-0.3, -0.25) is 9.13 Å². The molecule has 15 aromatic rings. The number of aromatic nitrogens is 8. The van der Waals surface area contributed by atoms with Crippen LogP contribution in [0.1, 0.15) is 0 Å². The van der Waals surface area contributed by atoms with Crippen molar-refractivity contribution >= 4 is 77.7 Å². The summed E-state index contributed by atoms with van der Waals surface area (Å²) in [4.78, 5) is 36.5. The van der Waals surface area contributed by atoms with E-state index in [0.29, 0.717) is 35.2 Å². The molecule has 4 aromatic heterocycles. The molecule has 0 saturated carbocycles. The van der Waals surface area contributed by atoms with Crippen LogP contribution in [-0.2, 0) is 0 Å². The van der Waals surface area contributed by atoms with Crippen molar-refractivity contribution in [2.24, 2.45) is 0 Å². The Balaban J connectivity index is 1.07. The summed E-state index contributed by atoms with van der Waals surface area (Å²) in [6.45, 7) is 0. The summed E-state index contributed by atoms with van der Waals surface area (Å²) in [7, 11) is 0. The zero-order valence-corrected chi connectivity index (χ0v) is 44.2. The highest BCUT2D eigenvalue weighted by atomic mass is 15.2. The largest absolute Gasteiger partial charge is 0.310 e. The van der Waals surface area contributed by atoms with E-state index in [-0.39, 0.29) is 0 Å². The number of nitrogens with zero attached hydrogens (tertiary/aromatic N) is 10. The lowest BCUT2D eigenvalue weighted by atomic mass is 10.1. The van der Waals surface area contributed by atoms with Gasteiger partial charge in [0.25, 0.3) is 0 Å². The van der Waals surface area contributed by atoms with Gasteiger partial charge in [0.1, 0.15) is 0 Å². The number of hydrogen-bond donors (Lipinski definition) is 0. The first kappa shape index (κ1) is 47.8. The number of benzene rings is 11. The molecule has 10 heteroatoms. The number of hydrogen-bond acceptors (Lipinski definition) is 8. The summed E-state index contributed by atoms with van der Waals surface area (Å²) in [6, 6.07) is 101.